The van der Waals surface area contributed by atoms with Gasteiger partial charge in [0.25, 0.3) is 12.1 Å². The molecule has 0 radical (unpaired) electrons. The van der Waals surface area contributed by atoms with Crippen molar-refractivity contribution in [2.24, 2.45) is 0 Å². The topological polar surface area (TPSA) is 120 Å². The minimum atomic E-state index is -0.735. The summed E-state index contributed by atoms with van der Waals surface area (Å²) in [5.74, 6) is 0.322. The van der Waals surface area contributed by atoms with Crippen LogP contribution in [0.1, 0.15) is 23.8 Å². The van der Waals surface area contributed by atoms with Crippen molar-refractivity contribution in [1.82, 2.24) is 14.5 Å². The molecule has 0 unspecified atom stereocenters. The molecule has 1 aliphatic rings. The minimum Gasteiger partial charge on any atom is -0.394 e. The van der Waals surface area contributed by atoms with Gasteiger partial charge in [0.05, 0.1) is 12.7 Å². The summed E-state index contributed by atoms with van der Waals surface area (Å²) >= 11 is 0. The molecule has 1 fully saturated rings. The molecular formula is C18H22N5O4+. The van der Waals surface area contributed by atoms with E-state index in [1.807, 2.05) is 31.2 Å². The molecule has 0 aliphatic carbocycles. The molecule has 1 saturated heterocycles. The minimum absolute atomic E-state index is 0.243. The number of nitrogens with zero attached hydrogens (tertiary/aromatic N) is 4. The van der Waals surface area contributed by atoms with Gasteiger partial charge in [-0.25, -0.2) is 4.98 Å². The molecule has 142 valence electrons. The first-order valence-corrected chi connectivity index (χ1v) is 8.72. The Morgan fingerprint density at radius 1 is 1.33 bits per heavy atom. The van der Waals surface area contributed by atoms with Crippen LogP contribution < -0.4 is 15.3 Å². The Morgan fingerprint density at radius 3 is 2.81 bits per heavy atom. The van der Waals surface area contributed by atoms with E-state index >= 15 is 0 Å². The number of imidazole rings is 1. The third kappa shape index (κ3) is 3.32. The fraction of sp³-hybridized carbons (Fsp3) is 0.389. The number of hydrogen-bond acceptors (Lipinski definition) is 7. The van der Waals surface area contributed by atoms with E-state index in [1.54, 1.807) is 10.9 Å². The molecule has 4 rings (SSSR count). The molecule has 3 atom stereocenters. The Hall–Kier alpha value is -2.75. The van der Waals surface area contributed by atoms with Crippen LogP contribution in [0.3, 0.4) is 0 Å². The van der Waals surface area contributed by atoms with Crippen molar-refractivity contribution in [3.63, 3.8) is 0 Å². The van der Waals surface area contributed by atoms with Gasteiger partial charge >= 0.3 is 0 Å². The Labute approximate surface area is 155 Å². The van der Waals surface area contributed by atoms with Crippen molar-refractivity contribution >= 4 is 17.0 Å². The quantitative estimate of drug-likeness (QED) is 0.534. The summed E-state index contributed by atoms with van der Waals surface area (Å²) in [5.41, 5.74) is 9.39. The molecule has 3 heterocycles. The Kier molecular flexibility index (Phi) is 4.65. The van der Waals surface area contributed by atoms with Crippen molar-refractivity contribution in [2.45, 2.75) is 38.4 Å². The lowest BCUT2D eigenvalue weighted by Gasteiger charge is -2.12. The van der Waals surface area contributed by atoms with E-state index in [-0.39, 0.29) is 6.61 Å². The number of aliphatic hydroxyl groups excluding tert-OH is 2. The van der Waals surface area contributed by atoms with E-state index in [0.29, 0.717) is 30.0 Å². The van der Waals surface area contributed by atoms with E-state index in [9.17, 15) is 10.2 Å². The van der Waals surface area contributed by atoms with Crippen LogP contribution in [-0.4, -0.2) is 43.6 Å². The van der Waals surface area contributed by atoms with Crippen LogP contribution in [0, 0.1) is 6.92 Å². The summed E-state index contributed by atoms with van der Waals surface area (Å²) in [4.78, 5) is 14.4. The molecule has 1 aromatic carbocycles. The Bertz CT molecular complexity index is 943. The molecule has 0 amide bonds. The molecule has 3 aromatic rings. The van der Waals surface area contributed by atoms with Crippen molar-refractivity contribution in [2.75, 3.05) is 12.3 Å². The van der Waals surface area contributed by atoms with Crippen molar-refractivity contribution in [1.29, 1.82) is 0 Å². The molecule has 0 saturated carbocycles. The third-order valence-electron chi connectivity index (χ3n) is 4.72. The number of aromatic nitrogens is 4. The van der Waals surface area contributed by atoms with Gasteiger partial charge in [0.1, 0.15) is 18.7 Å². The SMILES string of the molecule is Cc1ccc(CO[n+]2cnc3c(ncn3[C@H]3C[C@H](O)[C@@H](CO)O3)c2N)cc1. The van der Waals surface area contributed by atoms with Gasteiger partial charge in [-0.15, -0.1) is 0 Å². The molecule has 4 N–H and O–H groups in total. The predicted octanol–water partition coefficient (Wildman–Crippen LogP) is -0.121. The Balaban J connectivity index is 1.55. The second-order valence-electron chi connectivity index (χ2n) is 6.65. The summed E-state index contributed by atoms with van der Waals surface area (Å²) < 4.78 is 8.76. The maximum Gasteiger partial charge on any atom is 0.289 e. The van der Waals surface area contributed by atoms with Gasteiger partial charge in [-0.1, -0.05) is 39.5 Å². The highest BCUT2D eigenvalue weighted by molar-refractivity contribution is 5.79. The normalized spacial score (nSPS) is 22.4. The lowest BCUT2D eigenvalue weighted by atomic mass is 10.2. The molecule has 2 aromatic heterocycles. The van der Waals surface area contributed by atoms with Gasteiger partial charge in [0, 0.05) is 6.42 Å². The fourth-order valence-electron chi connectivity index (χ4n) is 3.13. The number of aryl methyl sites for hydroxylation is 1. The van der Waals surface area contributed by atoms with Crippen LogP contribution in [0.5, 0.6) is 0 Å². The van der Waals surface area contributed by atoms with Crippen LogP contribution in [0.2, 0.25) is 0 Å². The standard InChI is InChI=1S/C18H21N5O4/c1-11-2-4-12(5-3-11)8-26-23-10-21-18-16(17(23)19)20-9-22(18)15-6-13(25)14(7-24)27-15/h2-5,9-10,13-15,19,24-25H,6-8H2,1H3/p+1/t13-,14+,15+/m0/s1. The third-order valence-corrected chi connectivity index (χ3v) is 4.72. The molecule has 0 bridgehead atoms. The molecular weight excluding hydrogens is 350 g/mol. The van der Waals surface area contributed by atoms with Gasteiger partial charge in [-0.3, -0.25) is 4.57 Å². The number of rotatable bonds is 5. The second kappa shape index (κ2) is 7.10. The fourth-order valence-corrected chi connectivity index (χ4v) is 3.13. The van der Waals surface area contributed by atoms with Crippen LogP contribution in [0.25, 0.3) is 11.2 Å². The lowest BCUT2D eigenvalue weighted by molar-refractivity contribution is -0.885. The average molecular weight is 372 g/mol. The number of ether oxygens (including phenoxy) is 1. The van der Waals surface area contributed by atoms with E-state index < -0.39 is 18.4 Å². The van der Waals surface area contributed by atoms with Gasteiger partial charge in [0.2, 0.25) is 11.2 Å². The first kappa shape index (κ1) is 17.7. The lowest BCUT2D eigenvalue weighted by Crippen LogP contribution is -2.45. The van der Waals surface area contributed by atoms with Gasteiger partial charge in [-0.2, -0.15) is 0 Å². The van der Waals surface area contributed by atoms with Gasteiger partial charge in [-0.05, 0) is 12.5 Å². The van der Waals surface area contributed by atoms with Gasteiger partial charge < -0.3 is 25.5 Å². The van der Waals surface area contributed by atoms with Gasteiger partial charge in [0.15, 0.2) is 6.61 Å². The van der Waals surface area contributed by atoms with Crippen LogP contribution in [0.4, 0.5) is 5.82 Å². The zero-order chi connectivity index (χ0) is 19.0. The maximum absolute atomic E-state index is 9.94. The molecule has 0 spiro atoms. The van der Waals surface area contributed by atoms with Crippen molar-refractivity contribution in [3.05, 3.63) is 48.0 Å². The molecule has 27 heavy (non-hydrogen) atoms. The van der Waals surface area contributed by atoms with Crippen molar-refractivity contribution < 1.29 is 24.5 Å². The number of fused-ring (bicyclic) bond motifs is 1. The number of nitrogens with two attached hydrogens (primary N) is 1. The highest BCUT2D eigenvalue weighted by atomic mass is 16.7. The average Bonchev–Trinajstić information content (AvgIpc) is 3.26. The van der Waals surface area contributed by atoms with Crippen molar-refractivity contribution in [3.8, 4) is 0 Å². The molecule has 9 nitrogen and oxygen atoms in total. The number of nitrogen functional groups attached to an aromatic ring is 1. The number of anilines is 1. The predicted molar refractivity (Wildman–Crippen MR) is 95.2 cm³/mol. The summed E-state index contributed by atoms with van der Waals surface area (Å²) in [6, 6.07) is 8.02. The highest BCUT2D eigenvalue weighted by Crippen LogP contribution is 2.30. The maximum atomic E-state index is 9.94. The first-order valence-electron chi connectivity index (χ1n) is 8.72. The zero-order valence-corrected chi connectivity index (χ0v) is 14.9. The zero-order valence-electron chi connectivity index (χ0n) is 14.9. The van der Waals surface area contributed by atoms with Crippen LogP contribution in [-0.2, 0) is 11.3 Å². The summed E-state index contributed by atoms with van der Waals surface area (Å²) in [5, 5.41) is 19.2. The van der Waals surface area contributed by atoms with E-state index in [4.69, 9.17) is 15.3 Å². The largest absolute Gasteiger partial charge is 0.394 e. The van der Waals surface area contributed by atoms with Crippen LogP contribution >= 0.6 is 0 Å². The number of hydrogen-bond donors (Lipinski definition) is 3. The Morgan fingerprint density at radius 2 is 2.11 bits per heavy atom. The van der Waals surface area contributed by atoms with E-state index in [0.717, 1.165) is 5.56 Å². The summed E-state index contributed by atoms with van der Waals surface area (Å²) in [6.07, 6.45) is 1.59. The van der Waals surface area contributed by atoms with Crippen LogP contribution in [0.15, 0.2) is 36.9 Å². The smallest absolute Gasteiger partial charge is 0.289 e. The van der Waals surface area contributed by atoms with E-state index in [2.05, 4.69) is 9.97 Å². The monoisotopic (exact) mass is 372 g/mol. The highest BCUT2D eigenvalue weighted by Gasteiger charge is 2.36. The van der Waals surface area contributed by atoms with E-state index in [1.165, 1.54) is 16.6 Å². The summed E-state index contributed by atoms with van der Waals surface area (Å²) in [7, 11) is 0. The number of benzene rings is 1. The molecule has 1 aliphatic heterocycles. The first-order chi connectivity index (χ1) is 13.1. The second-order valence-corrected chi connectivity index (χ2v) is 6.65. The molecule has 9 heteroatoms. The number of aliphatic hydroxyl groups is 2. The summed E-state index contributed by atoms with van der Waals surface area (Å²) in [6.45, 7) is 2.13.